The molecule has 0 radical (unpaired) electrons. The SMILES string of the molecule is Cc1ccc(C(=O)N/C(=C/c2cccc([N+](=O)[O-])c2)C(=O)N2CCCCC2)cc1. The minimum Gasteiger partial charge on any atom is -0.337 e. The van der Waals surface area contributed by atoms with Gasteiger partial charge >= 0.3 is 0 Å². The Kier molecular flexibility index (Phi) is 6.39. The van der Waals surface area contributed by atoms with Crippen molar-refractivity contribution in [1.29, 1.82) is 0 Å². The normalized spacial score (nSPS) is 14.4. The van der Waals surface area contributed by atoms with E-state index in [9.17, 15) is 19.7 Å². The van der Waals surface area contributed by atoms with Gasteiger partial charge in [0.25, 0.3) is 17.5 Å². The van der Waals surface area contributed by atoms with Crippen LogP contribution in [0.5, 0.6) is 0 Å². The Morgan fingerprint density at radius 2 is 1.76 bits per heavy atom. The van der Waals surface area contributed by atoms with Crippen molar-refractivity contribution in [3.8, 4) is 0 Å². The highest BCUT2D eigenvalue weighted by molar-refractivity contribution is 6.05. The van der Waals surface area contributed by atoms with Crippen molar-refractivity contribution in [2.24, 2.45) is 0 Å². The third kappa shape index (κ3) is 5.28. The maximum Gasteiger partial charge on any atom is 0.270 e. The number of likely N-dealkylation sites (tertiary alicyclic amines) is 1. The molecule has 0 spiro atoms. The number of nitro benzene ring substituents is 1. The average Bonchev–Trinajstić information content (AvgIpc) is 2.74. The second-order valence-corrected chi connectivity index (χ2v) is 7.08. The summed E-state index contributed by atoms with van der Waals surface area (Å²) in [5.41, 5.74) is 1.97. The van der Waals surface area contributed by atoms with E-state index in [-0.39, 0.29) is 17.3 Å². The fourth-order valence-electron chi connectivity index (χ4n) is 3.21. The lowest BCUT2D eigenvalue weighted by Gasteiger charge is -2.27. The average molecular weight is 393 g/mol. The molecule has 7 heteroatoms. The molecule has 1 N–H and O–H groups in total. The molecule has 1 aliphatic rings. The van der Waals surface area contributed by atoms with Gasteiger partial charge in [-0.05, 0) is 50.0 Å². The van der Waals surface area contributed by atoms with Crippen LogP contribution in [0.4, 0.5) is 5.69 Å². The van der Waals surface area contributed by atoms with Gasteiger partial charge in [0.15, 0.2) is 0 Å². The van der Waals surface area contributed by atoms with Gasteiger partial charge < -0.3 is 10.2 Å². The highest BCUT2D eigenvalue weighted by Gasteiger charge is 2.22. The van der Waals surface area contributed by atoms with E-state index in [4.69, 9.17) is 0 Å². The van der Waals surface area contributed by atoms with Crippen LogP contribution in [0.15, 0.2) is 54.2 Å². The summed E-state index contributed by atoms with van der Waals surface area (Å²) in [5, 5.41) is 13.8. The van der Waals surface area contributed by atoms with E-state index < -0.39 is 10.8 Å². The highest BCUT2D eigenvalue weighted by Crippen LogP contribution is 2.18. The van der Waals surface area contributed by atoms with Gasteiger partial charge in [0.05, 0.1) is 4.92 Å². The molecule has 29 heavy (non-hydrogen) atoms. The van der Waals surface area contributed by atoms with Crippen molar-refractivity contribution in [3.05, 3.63) is 81.0 Å². The third-order valence-corrected chi connectivity index (χ3v) is 4.83. The number of benzene rings is 2. The smallest absolute Gasteiger partial charge is 0.270 e. The number of nitro groups is 1. The summed E-state index contributed by atoms with van der Waals surface area (Å²) in [5.74, 6) is -0.677. The fourth-order valence-corrected chi connectivity index (χ4v) is 3.21. The maximum atomic E-state index is 13.1. The summed E-state index contributed by atoms with van der Waals surface area (Å²) in [6.45, 7) is 3.19. The molecule has 1 fully saturated rings. The minimum atomic E-state index is -0.492. The molecule has 1 heterocycles. The first-order chi connectivity index (χ1) is 13.9. The van der Waals surface area contributed by atoms with E-state index in [0.717, 1.165) is 24.8 Å². The quantitative estimate of drug-likeness (QED) is 0.476. The first-order valence-corrected chi connectivity index (χ1v) is 9.57. The van der Waals surface area contributed by atoms with Crippen molar-refractivity contribution < 1.29 is 14.5 Å². The number of rotatable bonds is 5. The Morgan fingerprint density at radius 1 is 1.07 bits per heavy atom. The lowest BCUT2D eigenvalue weighted by molar-refractivity contribution is -0.384. The second-order valence-electron chi connectivity index (χ2n) is 7.08. The molecule has 1 aliphatic heterocycles. The van der Waals surface area contributed by atoms with Crippen LogP contribution in [0, 0.1) is 17.0 Å². The Morgan fingerprint density at radius 3 is 2.41 bits per heavy atom. The Hall–Kier alpha value is -3.48. The van der Waals surface area contributed by atoms with Crippen molar-refractivity contribution in [2.75, 3.05) is 13.1 Å². The zero-order valence-corrected chi connectivity index (χ0v) is 16.3. The lowest BCUT2D eigenvalue weighted by atomic mass is 10.1. The van der Waals surface area contributed by atoms with Gasteiger partial charge in [0, 0.05) is 30.8 Å². The summed E-state index contributed by atoms with van der Waals surface area (Å²) in [6.07, 6.45) is 4.41. The van der Waals surface area contributed by atoms with E-state index in [1.807, 2.05) is 19.1 Å². The van der Waals surface area contributed by atoms with Crippen LogP contribution in [0.25, 0.3) is 6.08 Å². The molecule has 1 saturated heterocycles. The summed E-state index contributed by atoms with van der Waals surface area (Å²) in [6, 6.07) is 13.0. The standard InChI is InChI=1S/C22H23N3O4/c1-16-8-10-18(11-9-16)21(26)23-20(22(27)24-12-3-2-4-13-24)15-17-6-5-7-19(14-17)25(28)29/h5-11,14-15H,2-4,12-13H2,1H3,(H,23,26)/b20-15+. The second kappa shape index (κ2) is 9.14. The van der Waals surface area contributed by atoms with E-state index in [1.165, 1.54) is 18.2 Å². The monoisotopic (exact) mass is 393 g/mol. The van der Waals surface area contributed by atoms with Gasteiger partial charge in [-0.15, -0.1) is 0 Å². The molecule has 3 rings (SSSR count). The van der Waals surface area contributed by atoms with Gasteiger partial charge in [0.2, 0.25) is 0 Å². The van der Waals surface area contributed by atoms with Crippen LogP contribution in [-0.4, -0.2) is 34.7 Å². The predicted octanol–water partition coefficient (Wildman–Crippen LogP) is 3.69. The molecular formula is C22H23N3O4. The van der Waals surface area contributed by atoms with Gasteiger partial charge in [-0.3, -0.25) is 19.7 Å². The number of non-ortho nitro benzene ring substituents is 1. The number of carbonyl (C=O) groups is 2. The first kappa shape index (κ1) is 20.3. The molecule has 150 valence electrons. The van der Waals surface area contributed by atoms with Crippen LogP contribution >= 0.6 is 0 Å². The number of aryl methyl sites for hydroxylation is 1. The Bertz CT molecular complexity index is 945. The van der Waals surface area contributed by atoms with E-state index in [0.29, 0.717) is 24.2 Å². The zero-order chi connectivity index (χ0) is 20.8. The number of hydrogen-bond acceptors (Lipinski definition) is 4. The molecule has 0 aromatic heterocycles. The topological polar surface area (TPSA) is 92.5 Å². The molecule has 2 aromatic rings. The maximum absolute atomic E-state index is 13.1. The molecule has 2 amide bonds. The lowest BCUT2D eigenvalue weighted by Crippen LogP contribution is -2.41. The van der Waals surface area contributed by atoms with Crippen LogP contribution < -0.4 is 5.32 Å². The fraction of sp³-hybridized carbons (Fsp3) is 0.273. The van der Waals surface area contributed by atoms with Crippen molar-refractivity contribution in [3.63, 3.8) is 0 Å². The van der Waals surface area contributed by atoms with Crippen LogP contribution in [0.1, 0.15) is 40.7 Å². The van der Waals surface area contributed by atoms with Gasteiger partial charge in [-0.1, -0.05) is 29.8 Å². The summed E-state index contributed by atoms with van der Waals surface area (Å²) >= 11 is 0. The Balaban J connectivity index is 1.91. The van der Waals surface area contributed by atoms with Crippen molar-refractivity contribution in [1.82, 2.24) is 10.2 Å². The van der Waals surface area contributed by atoms with Gasteiger partial charge in [-0.2, -0.15) is 0 Å². The summed E-state index contributed by atoms with van der Waals surface area (Å²) in [7, 11) is 0. The molecular weight excluding hydrogens is 370 g/mol. The zero-order valence-electron chi connectivity index (χ0n) is 16.3. The third-order valence-electron chi connectivity index (χ3n) is 4.83. The summed E-state index contributed by atoms with van der Waals surface area (Å²) < 4.78 is 0. The predicted molar refractivity (Wildman–Crippen MR) is 110 cm³/mol. The van der Waals surface area contributed by atoms with E-state index in [2.05, 4.69) is 5.32 Å². The van der Waals surface area contributed by atoms with E-state index >= 15 is 0 Å². The van der Waals surface area contributed by atoms with Crippen molar-refractivity contribution >= 4 is 23.6 Å². The number of carbonyl (C=O) groups excluding carboxylic acids is 2. The molecule has 2 aromatic carbocycles. The van der Waals surface area contributed by atoms with E-state index in [1.54, 1.807) is 29.2 Å². The van der Waals surface area contributed by atoms with Gasteiger partial charge in [-0.25, -0.2) is 0 Å². The molecule has 0 saturated carbocycles. The number of nitrogens with one attached hydrogen (secondary N) is 1. The molecule has 0 bridgehead atoms. The Labute approximate surface area is 169 Å². The highest BCUT2D eigenvalue weighted by atomic mass is 16.6. The number of nitrogens with zero attached hydrogens (tertiary/aromatic N) is 2. The summed E-state index contributed by atoms with van der Waals surface area (Å²) in [4.78, 5) is 38.0. The van der Waals surface area contributed by atoms with Crippen LogP contribution in [0.3, 0.4) is 0 Å². The van der Waals surface area contributed by atoms with Crippen LogP contribution in [-0.2, 0) is 4.79 Å². The molecule has 0 aliphatic carbocycles. The molecule has 0 unspecified atom stereocenters. The van der Waals surface area contributed by atoms with Crippen molar-refractivity contribution in [2.45, 2.75) is 26.2 Å². The number of amides is 2. The van der Waals surface area contributed by atoms with Gasteiger partial charge in [0.1, 0.15) is 5.70 Å². The number of piperidine rings is 1. The molecule has 0 atom stereocenters. The molecule has 7 nitrogen and oxygen atoms in total. The first-order valence-electron chi connectivity index (χ1n) is 9.57. The largest absolute Gasteiger partial charge is 0.337 e. The minimum absolute atomic E-state index is 0.0756. The van der Waals surface area contributed by atoms with Crippen LogP contribution in [0.2, 0.25) is 0 Å². The number of hydrogen-bond donors (Lipinski definition) is 1.